The molecule has 0 amide bonds. The molecule has 10 heavy (non-hydrogen) atoms. The minimum absolute atomic E-state index is 0. The van der Waals surface area contributed by atoms with E-state index < -0.39 is 0 Å². The smallest absolute Gasteiger partial charge is 0.257 e. The Labute approximate surface area is 82.5 Å². The monoisotopic (exact) mass is 290 g/mol. The highest BCUT2D eigenvalue weighted by Crippen LogP contribution is 2.57. The van der Waals surface area contributed by atoms with E-state index in [1.54, 1.807) is 0 Å². The molecule has 1 aliphatic heterocycles. The van der Waals surface area contributed by atoms with Gasteiger partial charge in [0.15, 0.2) is 0 Å². The molecule has 0 saturated carbocycles. The first-order chi connectivity index (χ1) is 4.04. The fourth-order valence-corrected chi connectivity index (χ4v) is 3.26. The molecule has 0 aliphatic carbocycles. The van der Waals surface area contributed by atoms with Crippen LogP contribution in [0.25, 0.3) is 0 Å². The van der Waals surface area contributed by atoms with Gasteiger partial charge in [0.05, 0.1) is 27.2 Å². The summed E-state index contributed by atoms with van der Waals surface area (Å²) in [6.45, 7) is 2.41. The molecule has 1 saturated heterocycles. The molecule has 0 aromatic carbocycles. The quantitative estimate of drug-likeness (QED) is 0.498. The molecule has 0 radical (unpaired) electrons. The number of likely N-dealkylation sites (N-methyl/N-ethyl adjacent to an activating group) is 2. The molecule has 1 unspecified atom stereocenters. The SMILES string of the molecule is CN1CC[N+](C)(C)P1Br.[Br-]. The topological polar surface area (TPSA) is 3.24 Å². The summed E-state index contributed by atoms with van der Waals surface area (Å²) in [5.74, 6) is 0. The number of nitrogens with zero attached hydrogens (tertiary/aromatic N) is 2. The molecule has 1 atom stereocenters. The lowest BCUT2D eigenvalue weighted by Gasteiger charge is -2.26. The molecule has 0 aromatic rings. The van der Waals surface area contributed by atoms with Crippen molar-refractivity contribution in [1.82, 2.24) is 4.67 Å². The summed E-state index contributed by atoms with van der Waals surface area (Å²) < 4.78 is 3.52. The van der Waals surface area contributed by atoms with Gasteiger partial charge >= 0.3 is 0 Å². The Bertz CT molecular complexity index is 120. The van der Waals surface area contributed by atoms with E-state index in [0.717, 1.165) is 4.25 Å². The van der Waals surface area contributed by atoms with E-state index in [2.05, 4.69) is 41.3 Å². The fraction of sp³-hybridized carbons (Fsp3) is 1.00. The minimum atomic E-state index is -0.0862. The van der Waals surface area contributed by atoms with Gasteiger partial charge in [0.25, 0.3) is 6.93 Å². The van der Waals surface area contributed by atoms with Gasteiger partial charge in [0.1, 0.15) is 0 Å². The summed E-state index contributed by atoms with van der Waals surface area (Å²) in [6.07, 6.45) is 0. The first kappa shape index (κ1) is 11.3. The molecule has 5 heteroatoms. The van der Waals surface area contributed by atoms with Gasteiger partial charge in [-0.15, -0.1) is 0 Å². The van der Waals surface area contributed by atoms with Gasteiger partial charge in [-0.05, 0) is 7.05 Å². The van der Waals surface area contributed by atoms with E-state index >= 15 is 0 Å². The van der Waals surface area contributed by atoms with E-state index in [1.165, 1.54) is 13.1 Å². The standard InChI is InChI=1S/C5H13BrN2P.BrH/c1-7-4-5-8(2,3)9(7)6;/h4-5H2,1-3H3;1H/q+1;/p-1. The molecule has 1 fully saturated rings. The van der Waals surface area contributed by atoms with Crippen LogP contribution in [0, 0.1) is 0 Å². The summed E-state index contributed by atoms with van der Waals surface area (Å²) in [7, 11) is 6.71. The van der Waals surface area contributed by atoms with Crippen LogP contribution in [0.1, 0.15) is 0 Å². The maximum absolute atomic E-state index is 3.69. The van der Waals surface area contributed by atoms with Gasteiger partial charge < -0.3 is 17.0 Å². The van der Waals surface area contributed by atoms with Crippen LogP contribution in [0.2, 0.25) is 0 Å². The molecule has 1 aliphatic rings. The van der Waals surface area contributed by atoms with Crippen molar-refractivity contribution in [2.75, 3.05) is 34.2 Å². The summed E-state index contributed by atoms with van der Waals surface area (Å²) >= 11 is 3.69. The van der Waals surface area contributed by atoms with Crippen molar-refractivity contribution in [3.05, 3.63) is 0 Å². The van der Waals surface area contributed by atoms with E-state index in [0.29, 0.717) is 0 Å². The summed E-state index contributed by atoms with van der Waals surface area (Å²) in [6, 6.07) is 0. The third-order valence-corrected chi connectivity index (χ3v) is 7.76. The highest BCUT2D eigenvalue weighted by Gasteiger charge is 2.37. The van der Waals surface area contributed by atoms with E-state index in [1.807, 2.05) is 0 Å². The normalized spacial score (nSPS) is 31.8. The second-order valence-corrected chi connectivity index (χ2v) is 7.12. The van der Waals surface area contributed by atoms with Crippen molar-refractivity contribution in [2.24, 2.45) is 0 Å². The molecule has 0 bridgehead atoms. The summed E-state index contributed by atoms with van der Waals surface area (Å²) in [4.78, 5) is 0. The lowest BCUT2D eigenvalue weighted by atomic mass is 10.6. The molecule has 0 N–H and O–H groups in total. The van der Waals surface area contributed by atoms with Crippen molar-refractivity contribution in [2.45, 2.75) is 0 Å². The summed E-state index contributed by atoms with van der Waals surface area (Å²) in [5.41, 5.74) is 0. The van der Waals surface area contributed by atoms with Crippen LogP contribution >= 0.6 is 22.4 Å². The average molecular weight is 292 g/mol. The van der Waals surface area contributed by atoms with Crippen LogP contribution in [0.4, 0.5) is 0 Å². The zero-order valence-corrected chi connectivity index (χ0v) is 10.6. The Morgan fingerprint density at radius 2 is 2.00 bits per heavy atom. The van der Waals surface area contributed by atoms with Gasteiger partial charge in [-0.3, -0.25) is 4.25 Å². The largest absolute Gasteiger partial charge is 1.00 e. The first-order valence-electron chi connectivity index (χ1n) is 3.04. The van der Waals surface area contributed by atoms with Crippen molar-refractivity contribution in [1.29, 1.82) is 0 Å². The van der Waals surface area contributed by atoms with Gasteiger partial charge in [0, 0.05) is 15.5 Å². The molecule has 1 rings (SSSR count). The van der Waals surface area contributed by atoms with E-state index in [4.69, 9.17) is 0 Å². The molecule has 62 valence electrons. The molecule has 0 spiro atoms. The van der Waals surface area contributed by atoms with Crippen LogP contribution in [-0.2, 0) is 0 Å². The number of hydrogen-bond donors (Lipinski definition) is 0. The molecular weight excluding hydrogens is 279 g/mol. The van der Waals surface area contributed by atoms with Crippen LogP contribution < -0.4 is 17.0 Å². The van der Waals surface area contributed by atoms with E-state index in [-0.39, 0.29) is 23.9 Å². The third-order valence-electron chi connectivity index (χ3n) is 1.70. The van der Waals surface area contributed by atoms with Gasteiger partial charge in [-0.1, -0.05) is 0 Å². The molecule has 1 heterocycles. The lowest BCUT2D eigenvalue weighted by molar-refractivity contribution is -0.753. The molecule has 2 nitrogen and oxygen atoms in total. The maximum atomic E-state index is 3.69. The zero-order valence-electron chi connectivity index (χ0n) is 6.51. The van der Waals surface area contributed by atoms with Crippen molar-refractivity contribution in [3.63, 3.8) is 0 Å². The Hall–Kier alpha value is 1.31. The van der Waals surface area contributed by atoms with Crippen LogP contribution in [0.15, 0.2) is 0 Å². The maximum Gasteiger partial charge on any atom is 0.257 e. The zero-order chi connectivity index (χ0) is 7.07. The highest BCUT2D eigenvalue weighted by molar-refractivity contribution is 9.38. The number of rotatable bonds is 0. The van der Waals surface area contributed by atoms with Gasteiger partial charge in [-0.2, -0.15) is 0 Å². The minimum Gasteiger partial charge on any atom is -1.00 e. The second kappa shape index (κ2) is 3.81. The Balaban J connectivity index is 0.000000810. The van der Waals surface area contributed by atoms with Crippen LogP contribution in [0.3, 0.4) is 0 Å². The van der Waals surface area contributed by atoms with Gasteiger partial charge in [-0.25, -0.2) is 4.67 Å². The number of hydrogen-bond acceptors (Lipinski definition) is 1. The Kier molecular flexibility index (Phi) is 4.31. The van der Waals surface area contributed by atoms with Gasteiger partial charge in [0.2, 0.25) is 0 Å². The predicted octanol–water partition coefficient (Wildman–Crippen LogP) is -1.37. The second-order valence-electron chi connectivity index (χ2n) is 2.97. The van der Waals surface area contributed by atoms with Crippen LogP contribution in [0.5, 0.6) is 0 Å². The fourth-order valence-electron chi connectivity index (χ4n) is 0.968. The highest BCUT2D eigenvalue weighted by atomic mass is 79.9. The van der Waals surface area contributed by atoms with E-state index in [9.17, 15) is 0 Å². The Morgan fingerprint density at radius 1 is 1.50 bits per heavy atom. The Morgan fingerprint density at radius 3 is 2.10 bits per heavy atom. The third kappa shape index (κ3) is 2.15. The van der Waals surface area contributed by atoms with Crippen molar-refractivity contribution in [3.8, 4) is 0 Å². The number of quaternary nitrogens is 1. The lowest BCUT2D eigenvalue weighted by Crippen LogP contribution is -3.00. The van der Waals surface area contributed by atoms with Crippen molar-refractivity contribution < 1.29 is 21.2 Å². The molecule has 0 aromatic heterocycles. The summed E-state index contributed by atoms with van der Waals surface area (Å²) in [5, 5.41) is 0. The molecular formula is C5H13Br2N2P. The van der Waals surface area contributed by atoms with Crippen LogP contribution in [-0.4, -0.2) is 43.2 Å². The first-order valence-corrected chi connectivity index (χ1v) is 6.31. The average Bonchev–Trinajstić information content (AvgIpc) is 1.97. The number of halogens is 2. The predicted molar refractivity (Wildman–Crippen MR) is 45.5 cm³/mol. The van der Waals surface area contributed by atoms with Crippen molar-refractivity contribution >= 4 is 22.4 Å².